The van der Waals surface area contributed by atoms with E-state index in [-0.39, 0.29) is 11.6 Å². The van der Waals surface area contributed by atoms with Crippen molar-refractivity contribution in [2.75, 3.05) is 24.4 Å². The van der Waals surface area contributed by atoms with Gasteiger partial charge in [-0.2, -0.15) is 0 Å². The predicted octanol–water partition coefficient (Wildman–Crippen LogP) is 6.62. The van der Waals surface area contributed by atoms with Gasteiger partial charge in [0.15, 0.2) is 0 Å². The first kappa shape index (κ1) is 30.9. The second-order valence-corrected chi connectivity index (χ2v) is 10.7. The number of carbonyl (C=O) groups excluding carboxylic acids is 3. The minimum atomic E-state index is -0.500. The lowest BCUT2D eigenvalue weighted by Crippen LogP contribution is -2.30. The summed E-state index contributed by atoms with van der Waals surface area (Å²) in [6.07, 6.45) is 1.59. The summed E-state index contributed by atoms with van der Waals surface area (Å²) in [5, 5.41) is 8.11. The van der Waals surface area contributed by atoms with Crippen molar-refractivity contribution in [1.29, 1.82) is 0 Å². The molecule has 0 bridgehead atoms. The van der Waals surface area contributed by atoms with Crippen LogP contribution in [0, 0.1) is 0 Å². The summed E-state index contributed by atoms with van der Waals surface area (Å²) < 4.78 is 11.0. The summed E-state index contributed by atoms with van der Waals surface area (Å²) in [5.74, 6) is 0.101. The lowest BCUT2D eigenvalue weighted by molar-refractivity contribution is -0.115. The van der Waals surface area contributed by atoms with Gasteiger partial charge in [-0.3, -0.25) is 14.4 Å². The van der Waals surface area contributed by atoms with Crippen molar-refractivity contribution in [3.05, 3.63) is 120 Å². The number of nitrogens with one attached hydrogen (secondary N) is 3. The lowest BCUT2D eigenvalue weighted by Gasteiger charge is -2.15. The average Bonchev–Trinajstić information content (AvgIpc) is 3.03. The molecular weight excluding hydrogens is 562 g/mol. The first-order valence-corrected chi connectivity index (χ1v) is 14.6. The van der Waals surface area contributed by atoms with Gasteiger partial charge in [0.25, 0.3) is 11.8 Å². The van der Waals surface area contributed by atoms with Crippen molar-refractivity contribution in [2.24, 2.45) is 0 Å². The van der Waals surface area contributed by atoms with Crippen molar-refractivity contribution in [2.45, 2.75) is 24.0 Å². The highest BCUT2D eigenvalue weighted by Crippen LogP contribution is 2.28. The Balaban J connectivity index is 1.46. The van der Waals surface area contributed by atoms with Crippen LogP contribution >= 0.6 is 11.8 Å². The van der Waals surface area contributed by atoms with Crippen molar-refractivity contribution < 1.29 is 23.9 Å². The fraction of sp³-hybridized carbons (Fsp3) is 0.147. The summed E-state index contributed by atoms with van der Waals surface area (Å²) in [7, 11) is 1.55. The van der Waals surface area contributed by atoms with Crippen LogP contribution in [0.3, 0.4) is 0 Å². The third-order valence-electron chi connectivity index (χ3n) is 6.21. The van der Waals surface area contributed by atoms with E-state index in [2.05, 4.69) is 16.0 Å². The third kappa shape index (κ3) is 8.73. The second-order valence-electron chi connectivity index (χ2n) is 9.28. The number of carbonyl (C=O) groups is 3. The van der Waals surface area contributed by atoms with Gasteiger partial charge in [-0.05, 0) is 74.5 Å². The smallest absolute Gasteiger partial charge is 0.272 e. The Morgan fingerprint density at radius 2 is 1.47 bits per heavy atom. The normalized spacial score (nSPS) is 11.7. The number of thioether (sulfide) groups is 1. The molecule has 0 spiro atoms. The molecule has 1 unspecified atom stereocenters. The SMILES string of the molecule is CCOc1ccccc1/C=C(\NC(=O)c1ccccc1)C(=O)Nc1ccc(SC(C)C(=O)Nc2ccccc2OC)cc1. The van der Waals surface area contributed by atoms with Crippen LogP contribution in [0.1, 0.15) is 29.8 Å². The van der Waals surface area contributed by atoms with Gasteiger partial charge in [-0.25, -0.2) is 0 Å². The summed E-state index contributed by atoms with van der Waals surface area (Å²) in [5.41, 5.74) is 2.26. The Labute approximate surface area is 255 Å². The van der Waals surface area contributed by atoms with Gasteiger partial charge >= 0.3 is 0 Å². The van der Waals surface area contributed by atoms with Crippen LogP contribution in [-0.4, -0.2) is 36.7 Å². The molecule has 0 aliphatic rings. The number of amides is 3. The molecular formula is C34H33N3O5S. The van der Waals surface area contributed by atoms with Crippen LogP contribution in [0.5, 0.6) is 11.5 Å². The van der Waals surface area contributed by atoms with Crippen LogP contribution in [0.15, 0.2) is 114 Å². The number of ether oxygens (including phenoxy) is 2. The number of benzene rings is 4. The molecule has 43 heavy (non-hydrogen) atoms. The molecule has 0 aliphatic heterocycles. The second kappa shape index (κ2) is 15.3. The summed E-state index contributed by atoms with van der Waals surface area (Å²) in [6.45, 7) is 4.15. The van der Waals surface area contributed by atoms with Crippen molar-refractivity contribution >= 4 is 46.9 Å². The Bertz CT molecular complexity index is 1590. The Hall–Kier alpha value is -5.02. The van der Waals surface area contributed by atoms with E-state index in [1.807, 2.05) is 62.4 Å². The summed E-state index contributed by atoms with van der Waals surface area (Å²) in [6, 6.07) is 30.3. The van der Waals surface area contributed by atoms with Crippen LogP contribution in [0.2, 0.25) is 0 Å². The molecule has 0 saturated heterocycles. The van der Waals surface area contributed by atoms with Crippen LogP contribution in [0.25, 0.3) is 6.08 Å². The fourth-order valence-corrected chi connectivity index (χ4v) is 4.91. The van der Waals surface area contributed by atoms with Gasteiger partial charge in [0.2, 0.25) is 5.91 Å². The van der Waals surface area contributed by atoms with Crippen LogP contribution in [0.4, 0.5) is 11.4 Å². The maximum absolute atomic E-state index is 13.4. The van der Waals surface area contributed by atoms with Crippen molar-refractivity contribution in [1.82, 2.24) is 5.32 Å². The molecule has 8 nitrogen and oxygen atoms in total. The van der Waals surface area contributed by atoms with E-state index in [9.17, 15) is 14.4 Å². The van der Waals surface area contributed by atoms with E-state index in [1.165, 1.54) is 11.8 Å². The molecule has 3 amide bonds. The average molecular weight is 596 g/mol. The first-order valence-electron chi connectivity index (χ1n) is 13.7. The van der Waals surface area contributed by atoms with Gasteiger partial charge in [0.05, 0.1) is 24.7 Å². The minimum absolute atomic E-state index is 0.0566. The van der Waals surface area contributed by atoms with E-state index >= 15 is 0 Å². The zero-order valence-electron chi connectivity index (χ0n) is 24.1. The molecule has 0 heterocycles. The number of para-hydroxylation sites is 3. The Morgan fingerprint density at radius 3 is 2.16 bits per heavy atom. The van der Waals surface area contributed by atoms with E-state index in [1.54, 1.807) is 67.8 Å². The van der Waals surface area contributed by atoms with Gasteiger partial charge in [0, 0.05) is 21.7 Å². The molecule has 0 saturated carbocycles. The molecule has 9 heteroatoms. The quantitative estimate of drug-likeness (QED) is 0.126. The molecule has 4 rings (SSSR count). The molecule has 0 fully saturated rings. The monoisotopic (exact) mass is 595 g/mol. The van der Waals surface area contributed by atoms with E-state index in [0.29, 0.717) is 40.6 Å². The zero-order chi connectivity index (χ0) is 30.6. The van der Waals surface area contributed by atoms with Gasteiger partial charge in [-0.1, -0.05) is 48.5 Å². The lowest BCUT2D eigenvalue weighted by atomic mass is 10.1. The van der Waals surface area contributed by atoms with E-state index in [4.69, 9.17) is 9.47 Å². The molecule has 0 aliphatic carbocycles. The molecule has 0 aromatic heterocycles. The van der Waals surface area contributed by atoms with E-state index < -0.39 is 17.1 Å². The zero-order valence-corrected chi connectivity index (χ0v) is 24.9. The molecule has 1 atom stereocenters. The maximum Gasteiger partial charge on any atom is 0.272 e. The summed E-state index contributed by atoms with van der Waals surface area (Å²) in [4.78, 5) is 40.0. The van der Waals surface area contributed by atoms with E-state index in [0.717, 1.165) is 4.90 Å². The fourth-order valence-electron chi connectivity index (χ4n) is 4.04. The molecule has 3 N–H and O–H groups in total. The van der Waals surface area contributed by atoms with Gasteiger partial charge < -0.3 is 25.4 Å². The Morgan fingerprint density at radius 1 is 0.814 bits per heavy atom. The summed E-state index contributed by atoms with van der Waals surface area (Å²) >= 11 is 1.38. The number of methoxy groups -OCH3 is 1. The highest BCUT2D eigenvalue weighted by atomic mass is 32.2. The van der Waals surface area contributed by atoms with Crippen LogP contribution in [-0.2, 0) is 9.59 Å². The first-order chi connectivity index (χ1) is 20.9. The largest absolute Gasteiger partial charge is 0.495 e. The number of rotatable bonds is 12. The van der Waals surface area contributed by atoms with Gasteiger partial charge in [-0.15, -0.1) is 11.8 Å². The number of hydrogen-bond acceptors (Lipinski definition) is 6. The maximum atomic E-state index is 13.4. The molecule has 4 aromatic carbocycles. The molecule has 4 aromatic rings. The molecule has 220 valence electrons. The minimum Gasteiger partial charge on any atom is -0.495 e. The highest BCUT2D eigenvalue weighted by Gasteiger charge is 2.18. The topological polar surface area (TPSA) is 106 Å². The predicted molar refractivity (Wildman–Crippen MR) is 172 cm³/mol. The van der Waals surface area contributed by atoms with Crippen molar-refractivity contribution in [3.63, 3.8) is 0 Å². The third-order valence-corrected chi connectivity index (χ3v) is 7.32. The highest BCUT2D eigenvalue weighted by molar-refractivity contribution is 8.00. The number of hydrogen-bond donors (Lipinski definition) is 3. The van der Waals surface area contributed by atoms with Crippen LogP contribution < -0.4 is 25.4 Å². The van der Waals surface area contributed by atoms with Crippen molar-refractivity contribution in [3.8, 4) is 11.5 Å². The number of anilines is 2. The standard InChI is InChI=1S/C34H33N3O5S/c1-4-42-30-16-10-8-14-25(30)22-29(37-33(39)24-12-6-5-7-13-24)34(40)35-26-18-20-27(21-19-26)43-23(2)32(38)36-28-15-9-11-17-31(28)41-3/h5-23H,4H2,1-3H3,(H,35,40)(H,36,38)(H,37,39)/b29-22-. The van der Waals surface area contributed by atoms with Gasteiger partial charge in [0.1, 0.15) is 17.2 Å². The molecule has 0 radical (unpaired) electrons. The Kier molecular flexibility index (Phi) is 11.0.